The third-order valence-corrected chi connectivity index (χ3v) is 4.10. The van der Waals surface area contributed by atoms with E-state index in [1.54, 1.807) is 11.3 Å². The first kappa shape index (κ1) is 11.4. The van der Waals surface area contributed by atoms with E-state index in [9.17, 15) is 0 Å². The molecule has 0 unspecified atom stereocenters. The van der Waals surface area contributed by atoms with E-state index in [2.05, 4.69) is 69.3 Å². The van der Waals surface area contributed by atoms with Crippen molar-refractivity contribution in [2.24, 2.45) is 0 Å². The molecular formula is C17H12N2S. The van der Waals surface area contributed by atoms with Crippen LogP contribution in [0.4, 0.5) is 0 Å². The van der Waals surface area contributed by atoms with Crippen LogP contribution in [0.2, 0.25) is 0 Å². The Kier molecular flexibility index (Phi) is 2.64. The molecule has 0 saturated carbocycles. The number of hydrogen-bond donors (Lipinski definition) is 1. The summed E-state index contributed by atoms with van der Waals surface area (Å²) in [5, 5.41) is 6.66. The van der Waals surface area contributed by atoms with Crippen molar-refractivity contribution in [2.45, 2.75) is 0 Å². The second-order valence-corrected chi connectivity index (χ2v) is 5.49. The Morgan fingerprint density at radius 3 is 2.65 bits per heavy atom. The van der Waals surface area contributed by atoms with Crippen LogP contribution in [-0.2, 0) is 0 Å². The minimum absolute atomic E-state index is 0.925. The lowest BCUT2D eigenvalue weighted by Gasteiger charge is -2.00. The molecule has 20 heavy (non-hydrogen) atoms. The highest BCUT2D eigenvalue weighted by atomic mass is 32.1. The summed E-state index contributed by atoms with van der Waals surface area (Å²) in [4.78, 5) is 7.93. The van der Waals surface area contributed by atoms with Crippen molar-refractivity contribution >= 4 is 22.1 Å². The van der Waals surface area contributed by atoms with Crippen molar-refractivity contribution in [3.63, 3.8) is 0 Å². The van der Waals surface area contributed by atoms with E-state index >= 15 is 0 Å². The molecule has 0 aliphatic carbocycles. The molecule has 2 aromatic heterocycles. The second kappa shape index (κ2) is 4.62. The fraction of sp³-hybridized carbons (Fsp3) is 0. The van der Waals surface area contributed by atoms with Crippen LogP contribution in [0.5, 0.6) is 0 Å². The number of H-pyrrole nitrogens is 1. The lowest BCUT2D eigenvalue weighted by molar-refractivity contribution is 1.32. The van der Waals surface area contributed by atoms with Crippen LogP contribution in [0.3, 0.4) is 0 Å². The van der Waals surface area contributed by atoms with Gasteiger partial charge >= 0.3 is 0 Å². The van der Waals surface area contributed by atoms with Gasteiger partial charge in [-0.1, -0.05) is 36.4 Å². The molecule has 3 heteroatoms. The number of fused-ring (bicyclic) bond motifs is 1. The molecule has 96 valence electrons. The van der Waals surface area contributed by atoms with Crippen LogP contribution in [0, 0.1) is 0 Å². The maximum atomic E-state index is 4.68. The lowest BCUT2D eigenvalue weighted by Crippen LogP contribution is -1.80. The van der Waals surface area contributed by atoms with Crippen molar-refractivity contribution in [2.75, 3.05) is 0 Å². The zero-order valence-corrected chi connectivity index (χ0v) is 11.5. The minimum atomic E-state index is 0.925. The summed E-state index contributed by atoms with van der Waals surface area (Å²) in [5.41, 5.74) is 3.26. The summed E-state index contributed by atoms with van der Waals surface area (Å²) in [6.07, 6.45) is 1.97. The van der Waals surface area contributed by atoms with Crippen LogP contribution in [-0.4, -0.2) is 9.97 Å². The number of rotatable bonds is 2. The van der Waals surface area contributed by atoms with Gasteiger partial charge in [0, 0.05) is 22.7 Å². The number of nitrogens with one attached hydrogen (secondary N) is 1. The minimum Gasteiger partial charge on any atom is -0.344 e. The molecule has 0 fully saturated rings. The molecule has 0 aliphatic rings. The van der Waals surface area contributed by atoms with Gasteiger partial charge in [0.15, 0.2) is 0 Å². The topological polar surface area (TPSA) is 28.7 Å². The SMILES string of the molecule is c1ccc2cc(-c3c[nH]c(-c4ccsc4)n3)ccc2c1. The van der Waals surface area contributed by atoms with Gasteiger partial charge < -0.3 is 4.98 Å². The molecule has 0 bridgehead atoms. The summed E-state index contributed by atoms with van der Waals surface area (Å²) in [5.74, 6) is 0.925. The first-order valence-electron chi connectivity index (χ1n) is 6.47. The van der Waals surface area contributed by atoms with Crippen molar-refractivity contribution < 1.29 is 0 Å². The number of aromatic nitrogens is 2. The zero-order chi connectivity index (χ0) is 13.4. The Balaban J connectivity index is 1.79. The fourth-order valence-corrected chi connectivity index (χ4v) is 3.01. The summed E-state index contributed by atoms with van der Waals surface area (Å²) in [7, 11) is 0. The monoisotopic (exact) mass is 276 g/mol. The first-order chi connectivity index (χ1) is 9.90. The van der Waals surface area contributed by atoms with Gasteiger partial charge in [0.1, 0.15) is 5.82 Å². The molecule has 0 atom stereocenters. The average molecular weight is 276 g/mol. The van der Waals surface area contributed by atoms with Crippen LogP contribution in [0.25, 0.3) is 33.4 Å². The van der Waals surface area contributed by atoms with Gasteiger partial charge in [-0.2, -0.15) is 11.3 Å². The van der Waals surface area contributed by atoms with Gasteiger partial charge in [-0.25, -0.2) is 4.98 Å². The van der Waals surface area contributed by atoms with Crippen molar-refractivity contribution in [1.82, 2.24) is 9.97 Å². The number of benzene rings is 2. The fourth-order valence-electron chi connectivity index (χ4n) is 2.37. The standard InChI is InChI=1S/C17H12N2S/c1-2-4-13-9-14(6-5-12(13)3-1)16-10-18-17(19-16)15-7-8-20-11-15/h1-11H,(H,18,19). The van der Waals surface area contributed by atoms with Gasteiger partial charge in [-0.05, 0) is 28.3 Å². The molecule has 0 amide bonds. The van der Waals surface area contributed by atoms with Gasteiger partial charge in [-0.3, -0.25) is 0 Å². The number of thiophene rings is 1. The molecule has 0 spiro atoms. The summed E-state index contributed by atoms with van der Waals surface area (Å²) in [6.45, 7) is 0. The second-order valence-electron chi connectivity index (χ2n) is 4.71. The predicted octanol–water partition coefficient (Wildman–Crippen LogP) is 4.96. The van der Waals surface area contributed by atoms with E-state index in [0.29, 0.717) is 0 Å². The Morgan fingerprint density at radius 1 is 0.900 bits per heavy atom. The molecule has 2 heterocycles. The third-order valence-electron chi connectivity index (χ3n) is 3.42. The summed E-state index contributed by atoms with van der Waals surface area (Å²) >= 11 is 1.68. The first-order valence-corrected chi connectivity index (χ1v) is 7.41. The molecule has 2 aromatic carbocycles. The Hall–Kier alpha value is -2.39. The molecule has 4 rings (SSSR count). The molecular weight excluding hydrogens is 264 g/mol. The number of hydrogen-bond acceptors (Lipinski definition) is 2. The highest BCUT2D eigenvalue weighted by Crippen LogP contribution is 2.26. The van der Waals surface area contributed by atoms with E-state index < -0.39 is 0 Å². The Morgan fingerprint density at radius 2 is 1.80 bits per heavy atom. The number of aromatic amines is 1. The smallest absolute Gasteiger partial charge is 0.138 e. The zero-order valence-electron chi connectivity index (χ0n) is 10.7. The highest BCUT2D eigenvalue weighted by molar-refractivity contribution is 7.08. The maximum absolute atomic E-state index is 4.68. The van der Waals surface area contributed by atoms with Crippen LogP contribution in [0.15, 0.2) is 65.5 Å². The molecule has 0 radical (unpaired) electrons. The molecule has 4 aromatic rings. The average Bonchev–Trinajstić information content (AvgIpc) is 3.17. The van der Waals surface area contributed by atoms with E-state index in [0.717, 1.165) is 22.6 Å². The third kappa shape index (κ3) is 1.92. The van der Waals surface area contributed by atoms with Crippen LogP contribution in [0.1, 0.15) is 0 Å². The van der Waals surface area contributed by atoms with Crippen LogP contribution < -0.4 is 0 Å². The summed E-state index contributed by atoms with van der Waals surface area (Å²) < 4.78 is 0. The van der Waals surface area contributed by atoms with Gasteiger partial charge in [-0.15, -0.1) is 0 Å². The largest absolute Gasteiger partial charge is 0.344 e. The van der Waals surface area contributed by atoms with Crippen molar-refractivity contribution in [3.05, 3.63) is 65.5 Å². The van der Waals surface area contributed by atoms with Crippen LogP contribution >= 0.6 is 11.3 Å². The quantitative estimate of drug-likeness (QED) is 0.551. The maximum Gasteiger partial charge on any atom is 0.138 e. The van der Waals surface area contributed by atoms with E-state index in [1.165, 1.54) is 10.8 Å². The van der Waals surface area contributed by atoms with Gasteiger partial charge in [0.2, 0.25) is 0 Å². The number of nitrogens with zero attached hydrogens (tertiary/aromatic N) is 1. The Labute approximate surface area is 120 Å². The normalized spacial score (nSPS) is 11.0. The Bertz CT molecular complexity index is 859. The van der Waals surface area contributed by atoms with E-state index in [-0.39, 0.29) is 0 Å². The molecule has 2 nitrogen and oxygen atoms in total. The molecule has 0 aliphatic heterocycles. The van der Waals surface area contributed by atoms with E-state index in [4.69, 9.17) is 0 Å². The van der Waals surface area contributed by atoms with Gasteiger partial charge in [0.25, 0.3) is 0 Å². The lowest BCUT2D eigenvalue weighted by atomic mass is 10.1. The van der Waals surface area contributed by atoms with Crippen molar-refractivity contribution in [1.29, 1.82) is 0 Å². The predicted molar refractivity (Wildman–Crippen MR) is 84.8 cm³/mol. The summed E-state index contributed by atoms with van der Waals surface area (Å²) in [6, 6.07) is 16.9. The van der Waals surface area contributed by atoms with Gasteiger partial charge in [0.05, 0.1) is 5.69 Å². The molecule has 0 saturated heterocycles. The van der Waals surface area contributed by atoms with E-state index in [1.807, 2.05) is 6.20 Å². The van der Waals surface area contributed by atoms with Crippen molar-refractivity contribution in [3.8, 4) is 22.6 Å². The molecule has 1 N–H and O–H groups in total. The highest BCUT2D eigenvalue weighted by Gasteiger charge is 2.06. The number of imidazole rings is 1.